The molecule has 1 nitrogen and oxygen atoms in total. The van der Waals surface area contributed by atoms with Gasteiger partial charge in [0, 0.05) is 15.3 Å². The summed E-state index contributed by atoms with van der Waals surface area (Å²) >= 11 is 5.58. The molecule has 0 bridgehead atoms. The maximum atomic E-state index is 12.4. The molecular weight excluding hydrogens is 274 g/mol. The Bertz CT molecular complexity index is 564. The summed E-state index contributed by atoms with van der Waals surface area (Å²) in [4.78, 5) is 1.67. The molecule has 1 aromatic carbocycles. The lowest BCUT2D eigenvalue weighted by Crippen LogP contribution is -2.01. The molecule has 2 rings (SSSR count). The van der Waals surface area contributed by atoms with Crippen molar-refractivity contribution in [2.24, 2.45) is 0 Å². The van der Waals surface area contributed by atoms with Crippen molar-refractivity contribution in [2.45, 2.75) is 25.4 Å². The molecule has 0 N–H and O–H groups in total. The van der Waals surface area contributed by atoms with Crippen LogP contribution in [0.1, 0.15) is 10.4 Å². The summed E-state index contributed by atoms with van der Waals surface area (Å²) in [7, 11) is 0. The summed E-state index contributed by atoms with van der Waals surface area (Å²) in [6, 6.07) is 7.55. The number of ether oxygens (including phenoxy) is 1. The van der Waals surface area contributed by atoms with E-state index in [0.717, 1.165) is 20.9 Å². The minimum Gasteiger partial charge on any atom is -0.424 e. The summed E-state index contributed by atoms with van der Waals surface area (Å²) < 4.78 is 29.3. The summed E-state index contributed by atoms with van der Waals surface area (Å²) in [5.41, 5.74) is 2.54. The van der Waals surface area contributed by atoms with E-state index in [1.54, 1.807) is 0 Å². The molecule has 0 saturated carbocycles. The fraction of sp³-hybridized carbons (Fsp3) is 0.231. The topological polar surface area (TPSA) is 9.23 Å². The third kappa shape index (κ3) is 2.84. The van der Waals surface area contributed by atoms with E-state index < -0.39 is 6.61 Å². The molecule has 1 aromatic heterocycles. The van der Waals surface area contributed by atoms with Gasteiger partial charge < -0.3 is 4.74 Å². The van der Waals surface area contributed by atoms with Crippen LogP contribution in [-0.2, 0) is 0 Å². The minimum atomic E-state index is -2.81. The van der Waals surface area contributed by atoms with Gasteiger partial charge >= 0.3 is 6.61 Å². The summed E-state index contributed by atoms with van der Waals surface area (Å²) in [5, 5.41) is 0.239. The van der Waals surface area contributed by atoms with E-state index >= 15 is 0 Å². The quantitative estimate of drug-likeness (QED) is 0.788. The zero-order valence-electron chi connectivity index (χ0n) is 9.91. The third-order valence-electron chi connectivity index (χ3n) is 2.46. The van der Waals surface area contributed by atoms with E-state index in [9.17, 15) is 8.78 Å². The van der Waals surface area contributed by atoms with Crippen molar-refractivity contribution in [3.63, 3.8) is 0 Å². The number of thiol groups is 1. The van der Waals surface area contributed by atoms with Crippen LogP contribution >= 0.6 is 24.0 Å². The first-order chi connectivity index (χ1) is 8.47. The van der Waals surface area contributed by atoms with Gasteiger partial charge in [-0.2, -0.15) is 8.78 Å². The van der Waals surface area contributed by atoms with Gasteiger partial charge in [0.05, 0.1) is 0 Å². The predicted octanol–water partition coefficient (Wildman–Crippen LogP) is 4.92. The van der Waals surface area contributed by atoms with E-state index in [0.29, 0.717) is 5.56 Å². The SMILES string of the molecule is Cc1ccc(S)c(-c2cc(C)sc2OC(F)F)c1. The second-order valence-electron chi connectivity index (χ2n) is 3.96. The number of hydrogen-bond acceptors (Lipinski definition) is 3. The molecule has 18 heavy (non-hydrogen) atoms. The highest BCUT2D eigenvalue weighted by Crippen LogP contribution is 2.41. The summed E-state index contributed by atoms with van der Waals surface area (Å²) in [5.74, 6) is 0. The lowest BCUT2D eigenvalue weighted by molar-refractivity contribution is -0.0468. The van der Waals surface area contributed by atoms with Gasteiger partial charge in [0.25, 0.3) is 0 Å². The summed E-state index contributed by atoms with van der Waals surface area (Å²) in [6.45, 7) is 0.999. The standard InChI is InChI=1S/C13H12F2OS2/c1-7-3-4-11(17)9(5-7)10-6-8(2)18-12(10)16-13(14)15/h3-6,13,17H,1-2H3. The van der Waals surface area contributed by atoms with Gasteiger partial charge in [-0.15, -0.1) is 24.0 Å². The summed E-state index contributed by atoms with van der Waals surface area (Å²) in [6.07, 6.45) is 0. The van der Waals surface area contributed by atoms with Gasteiger partial charge in [-0.25, -0.2) is 0 Å². The second kappa shape index (κ2) is 5.28. The Morgan fingerprint density at radius 2 is 1.89 bits per heavy atom. The van der Waals surface area contributed by atoms with E-state index in [-0.39, 0.29) is 5.06 Å². The fourth-order valence-corrected chi connectivity index (χ4v) is 2.84. The van der Waals surface area contributed by atoms with Crippen LogP contribution in [0.2, 0.25) is 0 Å². The van der Waals surface area contributed by atoms with Crippen molar-refractivity contribution in [3.8, 4) is 16.2 Å². The molecule has 96 valence electrons. The smallest absolute Gasteiger partial charge is 0.388 e. The van der Waals surface area contributed by atoms with Gasteiger partial charge in [-0.3, -0.25) is 0 Å². The van der Waals surface area contributed by atoms with Crippen molar-refractivity contribution in [1.82, 2.24) is 0 Å². The van der Waals surface area contributed by atoms with E-state index in [4.69, 9.17) is 0 Å². The first kappa shape index (κ1) is 13.4. The number of rotatable bonds is 3. The Hall–Kier alpha value is -1.07. The van der Waals surface area contributed by atoms with Crippen LogP contribution in [0.3, 0.4) is 0 Å². The number of thiophene rings is 1. The van der Waals surface area contributed by atoms with E-state index in [2.05, 4.69) is 17.4 Å². The van der Waals surface area contributed by atoms with Crippen LogP contribution < -0.4 is 4.74 Å². The molecule has 2 aromatic rings. The molecule has 0 radical (unpaired) electrons. The second-order valence-corrected chi connectivity index (χ2v) is 5.66. The molecule has 0 aliphatic heterocycles. The van der Waals surface area contributed by atoms with Gasteiger partial charge in [0.1, 0.15) is 0 Å². The normalized spacial score (nSPS) is 11.0. The maximum Gasteiger partial charge on any atom is 0.388 e. The molecule has 0 atom stereocenters. The monoisotopic (exact) mass is 286 g/mol. The van der Waals surface area contributed by atoms with Crippen LogP contribution in [-0.4, -0.2) is 6.61 Å². The minimum absolute atomic E-state index is 0.239. The van der Waals surface area contributed by atoms with E-state index in [1.807, 2.05) is 38.1 Å². The lowest BCUT2D eigenvalue weighted by atomic mass is 10.1. The van der Waals surface area contributed by atoms with Crippen LogP contribution in [0, 0.1) is 13.8 Å². The first-order valence-corrected chi connectivity index (χ1v) is 6.59. The highest BCUT2D eigenvalue weighted by Gasteiger charge is 2.16. The molecule has 0 spiro atoms. The van der Waals surface area contributed by atoms with Crippen molar-refractivity contribution in [1.29, 1.82) is 0 Å². The van der Waals surface area contributed by atoms with Crippen molar-refractivity contribution in [3.05, 3.63) is 34.7 Å². The zero-order valence-corrected chi connectivity index (χ0v) is 11.6. The van der Waals surface area contributed by atoms with Gasteiger partial charge in [-0.05, 0) is 31.5 Å². The highest BCUT2D eigenvalue weighted by molar-refractivity contribution is 7.80. The van der Waals surface area contributed by atoms with E-state index in [1.165, 1.54) is 11.3 Å². The number of hydrogen-bond donors (Lipinski definition) is 1. The maximum absolute atomic E-state index is 12.4. The Kier molecular flexibility index (Phi) is 3.92. The molecular formula is C13H12F2OS2. The Morgan fingerprint density at radius 3 is 2.56 bits per heavy atom. The average molecular weight is 286 g/mol. The van der Waals surface area contributed by atoms with Crippen LogP contribution in [0.5, 0.6) is 5.06 Å². The molecule has 0 aliphatic carbocycles. The highest BCUT2D eigenvalue weighted by atomic mass is 32.1. The van der Waals surface area contributed by atoms with Gasteiger partial charge in [0.15, 0.2) is 5.06 Å². The first-order valence-electron chi connectivity index (χ1n) is 5.32. The van der Waals surface area contributed by atoms with Crippen LogP contribution in [0.15, 0.2) is 29.2 Å². The van der Waals surface area contributed by atoms with Gasteiger partial charge in [0.2, 0.25) is 0 Å². The molecule has 1 heterocycles. The Morgan fingerprint density at radius 1 is 1.17 bits per heavy atom. The predicted molar refractivity (Wildman–Crippen MR) is 73.1 cm³/mol. The van der Waals surface area contributed by atoms with Crippen LogP contribution in [0.25, 0.3) is 11.1 Å². The third-order valence-corrected chi connectivity index (χ3v) is 3.79. The van der Waals surface area contributed by atoms with Gasteiger partial charge in [-0.1, -0.05) is 17.7 Å². The van der Waals surface area contributed by atoms with Crippen molar-refractivity contribution in [2.75, 3.05) is 0 Å². The molecule has 0 unspecified atom stereocenters. The largest absolute Gasteiger partial charge is 0.424 e. The lowest BCUT2D eigenvalue weighted by Gasteiger charge is -2.08. The fourth-order valence-electron chi connectivity index (χ4n) is 1.71. The van der Waals surface area contributed by atoms with Crippen molar-refractivity contribution < 1.29 is 13.5 Å². The van der Waals surface area contributed by atoms with Crippen LogP contribution in [0.4, 0.5) is 8.78 Å². The number of benzene rings is 1. The zero-order chi connectivity index (χ0) is 13.3. The number of alkyl halides is 2. The average Bonchev–Trinajstić information content (AvgIpc) is 2.62. The molecule has 0 fully saturated rings. The molecule has 0 aliphatic rings. The van der Waals surface area contributed by atoms with Crippen molar-refractivity contribution >= 4 is 24.0 Å². The molecule has 0 saturated heterocycles. The molecule has 5 heteroatoms. The number of aryl methyl sites for hydroxylation is 2. The Balaban J connectivity index is 2.52. The number of halogens is 2. The Labute approximate surface area is 114 Å². The molecule has 0 amide bonds.